The van der Waals surface area contributed by atoms with Gasteiger partial charge in [0.2, 0.25) is 5.79 Å². The lowest BCUT2D eigenvalue weighted by molar-refractivity contribution is -0.231. The van der Waals surface area contributed by atoms with Crippen LogP contribution in [0.25, 0.3) is 11.2 Å². The third kappa shape index (κ3) is 5.37. The average Bonchev–Trinajstić information content (AvgIpc) is 3.26. The number of nitrogens with zero attached hydrogens (tertiary/aromatic N) is 4. The smallest absolute Gasteiger partial charge is 0.462 e. The zero-order valence-corrected chi connectivity index (χ0v) is 20.7. The zero-order chi connectivity index (χ0) is 25.7. The van der Waals surface area contributed by atoms with Gasteiger partial charge in [-0.25, -0.2) is 4.98 Å². The fraction of sp³-hybridized carbons (Fsp3) is 0.684. The van der Waals surface area contributed by atoms with Gasteiger partial charge in [-0.05, 0) is 34.6 Å². The topological polar surface area (TPSA) is 185 Å². The first kappa shape index (κ1) is 26.0. The molecule has 5 N–H and O–H groups in total. The molecule has 0 saturated carbocycles. The maximum Gasteiger partial charge on any atom is 0.502 e. The lowest BCUT2D eigenvalue weighted by Gasteiger charge is -2.35. The molecule has 6 atom stereocenters. The molecule has 35 heavy (non-hydrogen) atoms. The number of halogens is 1. The first-order valence-electron chi connectivity index (χ1n) is 10.9. The maximum atomic E-state index is 13.8. The lowest BCUT2D eigenvalue weighted by Crippen LogP contribution is -2.48. The number of nitrogens with one attached hydrogen (secondary N) is 1. The van der Waals surface area contributed by atoms with E-state index >= 15 is 0 Å². The van der Waals surface area contributed by atoms with Gasteiger partial charge in [0.15, 0.2) is 23.2 Å². The van der Waals surface area contributed by atoms with Gasteiger partial charge in [0, 0.05) is 0 Å². The number of aromatic nitrogens is 4. The van der Waals surface area contributed by atoms with Crippen LogP contribution in [0.2, 0.25) is 0 Å². The molecular weight excluding hydrogens is 490 g/mol. The maximum absolute atomic E-state index is 13.8. The molecule has 0 aliphatic carbocycles. The quantitative estimate of drug-likeness (QED) is 0.244. The Morgan fingerprint density at radius 1 is 1.40 bits per heavy atom. The third-order valence-electron chi connectivity index (χ3n) is 5.24. The number of rotatable bonds is 5. The van der Waals surface area contributed by atoms with Crippen LogP contribution in [0, 0.1) is 6.08 Å². The molecule has 2 aliphatic rings. The van der Waals surface area contributed by atoms with Gasteiger partial charge in [-0.2, -0.15) is 23.8 Å². The first-order valence-corrected chi connectivity index (χ1v) is 12.5. The second-order valence-corrected chi connectivity index (χ2v) is 10.7. The van der Waals surface area contributed by atoms with Crippen molar-refractivity contribution >= 4 is 31.0 Å². The van der Waals surface area contributed by atoms with Crippen molar-refractivity contribution < 1.29 is 42.4 Å². The van der Waals surface area contributed by atoms with Gasteiger partial charge >= 0.3 is 20.1 Å². The minimum atomic E-state index is -3.85. The lowest BCUT2D eigenvalue weighted by atomic mass is 10.1. The molecule has 16 heteroatoms. The summed E-state index contributed by atoms with van der Waals surface area (Å²) in [4.78, 5) is 34.5. The SMILES string of the molecule is CC(C)OC(=O)C(C)N[P+]1(O)OC[C@H]2O[C@@H](n3cnc4c(N)nc(F)nc43)[C@@H](O)[C@@H]2OC(C)(C)O1. The highest BCUT2D eigenvalue weighted by molar-refractivity contribution is 7.58. The van der Waals surface area contributed by atoms with E-state index in [1.165, 1.54) is 31.7 Å². The predicted molar refractivity (Wildman–Crippen MR) is 119 cm³/mol. The van der Waals surface area contributed by atoms with Crippen molar-refractivity contribution in [2.75, 3.05) is 12.3 Å². The molecule has 0 radical (unpaired) electrons. The highest BCUT2D eigenvalue weighted by Gasteiger charge is 2.58. The van der Waals surface area contributed by atoms with E-state index in [4.69, 9.17) is 29.0 Å². The molecule has 14 nitrogen and oxygen atoms in total. The van der Waals surface area contributed by atoms with Gasteiger partial charge in [-0.15, -0.1) is 9.61 Å². The second kappa shape index (κ2) is 9.41. The van der Waals surface area contributed by atoms with Crippen molar-refractivity contribution in [1.82, 2.24) is 24.6 Å². The number of aliphatic hydroxyl groups is 1. The summed E-state index contributed by atoms with van der Waals surface area (Å²) >= 11 is 0. The van der Waals surface area contributed by atoms with Gasteiger partial charge in [-0.3, -0.25) is 9.36 Å². The van der Waals surface area contributed by atoms with Crippen LogP contribution in [-0.4, -0.2) is 78.3 Å². The zero-order valence-electron chi connectivity index (χ0n) is 19.8. The Morgan fingerprint density at radius 3 is 2.80 bits per heavy atom. The van der Waals surface area contributed by atoms with E-state index in [9.17, 15) is 19.2 Å². The number of imidazole rings is 1. The molecule has 0 aromatic carbocycles. The summed E-state index contributed by atoms with van der Waals surface area (Å²) < 4.78 is 43.6. The van der Waals surface area contributed by atoms with Gasteiger partial charge in [0.05, 0.1) is 12.4 Å². The molecule has 2 aliphatic heterocycles. The summed E-state index contributed by atoms with van der Waals surface area (Å²) in [7, 11) is -3.85. The fourth-order valence-electron chi connectivity index (χ4n) is 3.87. The Bertz CT molecular complexity index is 1100. The standard InChI is InChI=1S/C19H29FN6O8P/c1-8(2)31-17(28)9(3)25-35(29)30-6-10-13(33-19(4,5)34-35)12(27)16(32-10)26-7-22-11-14(21)23-18(20)24-15(11)26/h7-10,12-13,16,25,27,29H,6H2,1-5H3,(H2,21,23,24)/q+1/t9?,10-,12+,13-,16-,35?/m1/s1. The van der Waals surface area contributed by atoms with Gasteiger partial charge in [0.25, 0.3) is 0 Å². The van der Waals surface area contributed by atoms with Crippen molar-refractivity contribution in [1.29, 1.82) is 0 Å². The number of aliphatic hydroxyl groups excluding tert-OH is 1. The van der Waals surface area contributed by atoms with E-state index in [1.807, 2.05) is 0 Å². The second-order valence-electron chi connectivity index (χ2n) is 8.98. The molecule has 4 heterocycles. The normalized spacial score (nSPS) is 31.7. The molecular formula is C19H29FN6O8P+. The van der Waals surface area contributed by atoms with Crippen LogP contribution in [0.1, 0.15) is 40.8 Å². The van der Waals surface area contributed by atoms with Gasteiger partial charge < -0.3 is 25.1 Å². The van der Waals surface area contributed by atoms with Crippen molar-refractivity contribution in [3.8, 4) is 0 Å². The molecule has 2 saturated heterocycles. The number of ether oxygens (including phenoxy) is 3. The predicted octanol–water partition coefficient (Wildman–Crippen LogP) is 0.574. The van der Waals surface area contributed by atoms with Crippen LogP contribution in [0.4, 0.5) is 10.2 Å². The molecule has 4 rings (SSSR count). The van der Waals surface area contributed by atoms with Crippen molar-refractivity contribution in [3.05, 3.63) is 12.4 Å². The van der Waals surface area contributed by atoms with Crippen LogP contribution < -0.4 is 10.8 Å². The van der Waals surface area contributed by atoms with Crippen molar-refractivity contribution in [2.24, 2.45) is 0 Å². The van der Waals surface area contributed by atoms with Crippen LogP contribution in [0.15, 0.2) is 6.33 Å². The molecule has 194 valence electrons. The molecule has 0 bridgehead atoms. The number of nitrogen functional groups attached to an aromatic ring is 1. The Labute approximate surface area is 200 Å². The number of fused-ring (bicyclic) bond motifs is 2. The molecule has 2 fully saturated rings. The fourth-order valence-corrected chi connectivity index (χ4v) is 5.63. The molecule has 0 spiro atoms. The first-order chi connectivity index (χ1) is 16.3. The summed E-state index contributed by atoms with van der Waals surface area (Å²) in [6.45, 7) is 7.65. The van der Waals surface area contributed by atoms with E-state index in [-0.39, 0.29) is 29.7 Å². The van der Waals surface area contributed by atoms with Gasteiger partial charge in [-0.1, -0.05) is 0 Å². The van der Waals surface area contributed by atoms with E-state index in [1.54, 1.807) is 13.8 Å². The van der Waals surface area contributed by atoms with Gasteiger partial charge in [0.1, 0.15) is 31.0 Å². The molecule has 2 aromatic rings. The average molecular weight is 519 g/mol. The minimum Gasteiger partial charge on any atom is -0.462 e. The van der Waals surface area contributed by atoms with Crippen LogP contribution in [0.3, 0.4) is 0 Å². The Hall–Kier alpha value is -2.10. The van der Waals surface area contributed by atoms with E-state index in [0.717, 1.165) is 0 Å². The highest BCUT2D eigenvalue weighted by Crippen LogP contribution is 2.58. The summed E-state index contributed by atoms with van der Waals surface area (Å²) in [6.07, 6.45) is -4.34. The number of hydrogen-bond acceptors (Lipinski definition) is 13. The molecule has 0 amide bonds. The summed E-state index contributed by atoms with van der Waals surface area (Å²) in [5.74, 6) is -2.24. The number of carbonyl (C=O) groups is 1. The Balaban J connectivity index is 1.56. The number of esters is 1. The van der Waals surface area contributed by atoms with Crippen molar-refractivity contribution in [3.63, 3.8) is 0 Å². The number of nitrogens with two attached hydrogens (primary N) is 1. The van der Waals surface area contributed by atoms with E-state index in [0.29, 0.717) is 0 Å². The van der Waals surface area contributed by atoms with Crippen molar-refractivity contribution in [2.45, 2.75) is 77.1 Å². The van der Waals surface area contributed by atoms with Crippen LogP contribution >= 0.6 is 8.09 Å². The monoisotopic (exact) mass is 519 g/mol. The summed E-state index contributed by atoms with van der Waals surface area (Å²) in [5.41, 5.74) is 5.88. The largest absolute Gasteiger partial charge is 0.502 e. The molecule has 2 aromatic heterocycles. The van der Waals surface area contributed by atoms with Crippen LogP contribution in [-0.2, 0) is 28.1 Å². The summed E-state index contributed by atoms with van der Waals surface area (Å²) in [5, 5.41) is 13.7. The minimum absolute atomic E-state index is 0.0212. The third-order valence-corrected chi connectivity index (χ3v) is 7.14. The Kier molecular flexibility index (Phi) is 6.98. The number of hydrogen-bond donors (Lipinski definition) is 4. The number of anilines is 1. The van der Waals surface area contributed by atoms with E-state index < -0.39 is 56.5 Å². The highest BCUT2D eigenvalue weighted by atomic mass is 31.2. The Morgan fingerprint density at radius 2 is 2.11 bits per heavy atom. The molecule has 2 unspecified atom stereocenters. The summed E-state index contributed by atoms with van der Waals surface area (Å²) in [6, 6.07) is -0.957. The van der Waals surface area contributed by atoms with Crippen LogP contribution in [0.5, 0.6) is 0 Å². The number of carbonyl (C=O) groups excluding carboxylic acids is 1. The van der Waals surface area contributed by atoms with E-state index in [2.05, 4.69) is 20.0 Å².